The van der Waals surface area contributed by atoms with Gasteiger partial charge in [-0.1, -0.05) is 72.8 Å². The average Bonchev–Trinajstić information content (AvgIpc) is 3.21. The Kier molecular flexibility index (Phi) is 4.61. The summed E-state index contributed by atoms with van der Waals surface area (Å²) >= 11 is 0. The summed E-state index contributed by atoms with van der Waals surface area (Å²) in [4.78, 5) is 4.11. The lowest BCUT2D eigenvalue weighted by atomic mass is 9.89. The lowest BCUT2D eigenvalue weighted by molar-refractivity contribution is 0.561. The predicted octanol–water partition coefficient (Wildman–Crippen LogP) is 5.52. The van der Waals surface area contributed by atoms with Crippen molar-refractivity contribution in [1.82, 2.24) is 9.55 Å². The Morgan fingerprint density at radius 3 is 2.19 bits per heavy atom. The summed E-state index contributed by atoms with van der Waals surface area (Å²) in [5.41, 5.74) is 4.12. The SMILES string of the molecule is Fc1ccccc1C(Cn1ccnc1)c1ccc(-c2ccccc2)cc1. The van der Waals surface area contributed by atoms with E-state index in [1.54, 1.807) is 18.6 Å². The quantitative estimate of drug-likeness (QED) is 0.467. The molecule has 1 heterocycles. The topological polar surface area (TPSA) is 17.8 Å². The van der Waals surface area contributed by atoms with Gasteiger partial charge in [-0.25, -0.2) is 9.37 Å². The van der Waals surface area contributed by atoms with Crippen molar-refractivity contribution in [2.24, 2.45) is 0 Å². The molecule has 0 saturated heterocycles. The molecule has 1 aromatic heterocycles. The van der Waals surface area contributed by atoms with Crippen molar-refractivity contribution in [2.45, 2.75) is 12.5 Å². The lowest BCUT2D eigenvalue weighted by Gasteiger charge is -2.20. The van der Waals surface area contributed by atoms with Crippen molar-refractivity contribution in [1.29, 1.82) is 0 Å². The molecule has 0 fully saturated rings. The second-order valence-electron chi connectivity index (χ2n) is 6.32. The molecule has 0 spiro atoms. The Morgan fingerprint density at radius 2 is 1.50 bits per heavy atom. The number of aromatic nitrogens is 2. The van der Waals surface area contributed by atoms with E-state index in [4.69, 9.17) is 0 Å². The van der Waals surface area contributed by atoms with Crippen molar-refractivity contribution in [3.63, 3.8) is 0 Å². The maximum atomic E-state index is 14.5. The largest absolute Gasteiger partial charge is 0.337 e. The van der Waals surface area contributed by atoms with Crippen LogP contribution in [0, 0.1) is 5.82 Å². The van der Waals surface area contributed by atoms with E-state index in [0.717, 1.165) is 11.1 Å². The van der Waals surface area contributed by atoms with Gasteiger partial charge in [0.25, 0.3) is 0 Å². The molecule has 3 aromatic carbocycles. The molecule has 0 aliphatic carbocycles. The van der Waals surface area contributed by atoms with Gasteiger partial charge in [-0.05, 0) is 28.3 Å². The van der Waals surface area contributed by atoms with Crippen LogP contribution in [0.25, 0.3) is 11.1 Å². The Bertz CT molecular complexity index is 961. The highest BCUT2D eigenvalue weighted by Crippen LogP contribution is 2.30. The van der Waals surface area contributed by atoms with E-state index in [0.29, 0.717) is 12.1 Å². The molecule has 2 nitrogen and oxygen atoms in total. The van der Waals surface area contributed by atoms with Crippen LogP contribution in [0.2, 0.25) is 0 Å². The van der Waals surface area contributed by atoms with Gasteiger partial charge in [-0.15, -0.1) is 0 Å². The molecule has 26 heavy (non-hydrogen) atoms. The first-order valence-electron chi connectivity index (χ1n) is 8.67. The molecular weight excluding hydrogens is 323 g/mol. The lowest BCUT2D eigenvalue weighted by Crippen LogP contribution is -2.11. The first-order valence-corrected chi connectivity index (χ1v) is 8.67. The molecule has 1 unspecified atom stereocenters. The zero-order valence-electron chi connectivity index (χ0n) is 14.3. The van der Waals surface area contributed by atoms with Gasteiger partial charge < -0.3 is 4.57 Å². The molecule has 4 rings (SSSR count). The van der Waals surface area contributed by atoms with Crippen molar-refractivity contribution in [3.8, 4) is 11.1 Å². The van der Waals surface area contributed by atoms with Crippen LogP contribution in [0.15, 0.2) is 97.6 Å². The smallest absolute Gasteiger partial charge is 0.127 e. The van der Waals surface area contributed by atoms with E-state index in [2.05, 4.69) is 41.4 Å². The van der Waals surface area contributed by atoms with Crippen molar-refractivity contribution < 1.29 is 4.39 Å². The number of benzene rings is 3. The zero-order valence-corrected chi connectivity index (χ0v) is 14.3. The molecule has 0 amide bonds. The summed E-state index contributed by atoms with van der Waals surface area (Å²) < 4.78 is 16.5. The van der Waals surface area contributed by atoms with Crippen LogP contribution in [-0.4, -0.2) is 9.55 Å². The van der Waals surface area contributed by atoms with E-state index >= 15 is 0 Å². The van der Waals surface area contributed by atoms with Gasteiger partial charge in [0.15, 0.2) is 0 Å². The fourth-order valence-corrected chi connectivity index (χ4v) is 3.29. The first kappa shape index (κ1) is 16.3. The van der Waals surface area contributed by atoms with E-state index < -0.39 is 0 Å². The maximum absolute atomic E-state index is 14.5. The molecule has 1 atom stereocenters. The Hall–Kier alpha value is -3.20. The number of hydrogen-bond acceptors (Lipinski definition) is 1. The number of rotatable bonds is 5. The molecule has 0 saturated carbocycles. The van der Waals surface area contributed by atoms with Gasteiger partial charge in [-0.2, -0.15) is 0 Å². The van der Waals surface area contributed by atoms with Gasteiger partial charge in [0, 0.05) is 24.9 Å². The average molecular weight is 342 g/mol. The third-order valence-corrected chi connectivity index (χ3v) is 4.65. The minimum Gasteiger partial charge on any atom is -0.337 e. The third-order valence-electron chi connectivity index (χ3n) is 4.65. The summed E-state index contributed by atoms with van der Waals surface area (Å²) in [5.74, 6) is -0.250. The third kappa shape index (κ3) is 3.42. The van der Waals surface area contributed by atoms with Gasteiger partial charge in [0.05, 0.1) is 6.33 Å². The van der Waals surface area contributed by atoms with Crippen LogP contribution in [0.3, 0.4) is 0 Å². The van der Waals surface area contributed by atoms with Gasteiger partial charge in [0.2, 0.25) is 0 Å². The van der Waals surface area contributed by atoms with Crippen LogP contribution in [0.4, 0.5) is 4.39 Å². The first-order chi connectivity index (χ1) is 12.8. The highest BCUT2D eigenvalue weighted by Gasteiger charge is 2.18. The van der Waals surface area contributed by atoms with Crippen LogP contribution < -0.4 is 0 Å². The highest BCUT2D eigenvalue weighted by atomic mass is 19.1. The standard InChI is InChI=1S/C23H19FN2/c24-23-9-5-4-8-21(23)22(16-26-15-14-25-17-26)20-12-10-19(11-13-20)18-6-2-1-3-7-18/h1-15,17,22H,16H2. The molecular formula is C23H19FN2. The van der Waals surface area contributed by atoms with Crippen molar-refractivity contribution in [2.75, 3.05) is 0 Å². The molecule has 3 heteroatoms. The molecule has 0 aliphatic heterocycles. The minimum atomic E-state index is -0.176. The fraction of sp³-hybridized carbons (Fsp3) is 0.0870. The fourth-order valence-electron chi connectivity index (χ4n) is 3.29. The number of halogens is 1. The minimum absolute atomic E-state index is 0.0739. The second kappa shape index (κ2) is 7.36. The Labute approximate surface area is 152 Å². The van der Waals surface area contributed by atoms with Crippen molar-refractivity contribution in [3.05, 3.63) is 115 Å². The number of hydrogen-bond donors (Lipinski definition) is 0. The molecule has 4 aromatic rings. The van der Waals surface area contributed by atoms with E-state index in [1.807, 2.05) is 41.1 Å². The van der Waals surface area contributed by atoms with Gasteiger partial charge in [0.1, 0.15) is 5.82 Å². The highest BCUT2D eigenvalue weighted by molar-refractivity contribution is 5.63. The Morgan fingerprint density at radius 1 is 0.808 bits per heavy atom. The van der Waals surface area contributed by atoms with Gasteiger partial charge >= 0.3 is 0 Å². The summed E-state index contributed by atoms with van der Waals surface area (Å²) in [7, 11) is 0. The monoisotopic (exact) mass is 342 g/mol. The number of nitrogens with zero attached hydrogens (tertiary/aromatic N) is 2. The van der Waals surface area contributed by atoms with E-state index in [9.17, 15) is 4.39 Å². The normalized spacial score (nSPS) is 12.0. The van der Waals surface area contributed by atoms with Crippen LogP contribution in [-0.2, 0) is 6.54 Å². The summed E-state index contributed by atoms with van der Waals surface area (Å²) in [6, 6.07) is 25.7. The van der Waals surface area contributed by atoms with E-state index in [1.165, 1.54) is 11.6 Å². The zero-order chi connectivity index (χ0) is 17.8. The summed E-state index contributed by atoms with van der Waals surface area (Å²) in [5, 5.41) is 0. The summed E-state index contributed by atoms with van der Waals surface area (Å²) in [6.07, 6.45) is 5.43. The number of imidazole rings is 1. The molecule has 0 radical (unpaired) electrons. The predicted molar refractivity (Wildman–Crippen MR) is 102 cm³/mol. The molecule has 0 aliphatic rings. The van der Waals surface area contributed by atoms with Crippen LogP contribution in [0.5, 0.6) is 0 Å². The maximum Gasteiger partial charge on any atom is 0.127 e. The molecule has 0 bridgehead atoms. The van der Waals surface area contributed by atoms with Crippen LogP contribution in [0.1, 0.15) is 17.0 Å². The molecule has 128 valence electrons. The van der Waals surface area contributed by atoms with Crippen LogP contribution >= 0.6 is 0 Å². The summed E-state index contributed by atoms with van der Waals surface area (Å²) in [6.45, 7) is 0.644. The molecule has 0 N–H and O–H groups in total. The van der Waals surface area contributed by atoms with Gasteiger partial charge in [-0.3, -0.25) is 0 Å². The second-order valence-corrected chi connectivity index (χ2v) is 6.32. The van der Waals surface area contributed by atoms with Crippen molar-refractivity contribution >= 4 is 0 Å². The van der Waals surface area contributed by atoms with E-state index in [-0.39, 0.29) is 11.7 Å². The Balaban J connectivity index is 1.71.